The zero-order chi connectivity index (χ0) is 12.6. The molecule has 0 radical (unpaired) electrons. The Labute approximate surface area is 110 Å². The predicted molar refractivity (Wildman–Crippen MR) is 75.0 cm³/mol. The van der Waals surface area contributed by atoms with Crippen molar-refractivity contribution in [1.82, 2.24) is 10.3 Å². The van der Waals surface area contributed by atoms with Crippen molar-refractivity contribution >= 4 is 5.82 Å². The molecule has 3 nitrogen and oxygen atoms in total. The van der Waals surface area contributed by atoms with E-state index in [2.05, 4.69) is 41.2 Å². The van der Waals surface area contributed by atoms with E-state index >= 15 is 0 Å². The Kier molecular flexibility index (Phi) is 3.02. The molecule has 2 heterocycles. The Morgan fingerprint density at radius 3 is 2.83 bits per heavy atom. The Morgan fingerprint density at radius 2 is 2.22 bits per heavy atom. The van der Waals surface area contributed by atoms with Crippen molar-refractivity contribution in [3.8, 4) is 0 Å². The average Bonchev–Trinajstić information content (AvgIpc) is 2.76. The molecule has 98 valence electrons. The standard InChI is InChI=1S/C15H23N3/c1-12-4-5-14(16-10-12)18-9-6-13(11-18)17-15(2)7-3-8-15/h4-5,10,13,17H,3,6-9,11H2,1-2H3. The van der Waals surface area contributed by atoms with Crippen LogP contribution in [0.4, 0.5) is 5.82 Å². The maximum atomic E-state index is 4.52. The van der Waals surface area contributed by atoms with Crippen molar-refractivity contribution in [1.29, 1.82) is 0 Å². The summed E-state index contributed by atoms with van der Waals surface area (Å²) in [5.41, 5.74) is 1.65. The summed E-state index contributed by atoms with van der Waals surface area (Å²) in [7, 11) is 0. The van der Waals surface area contributed by atoms with E-state index in [1.807, 2.05) is 6.20 Å². The fourth-order valence-electron chi connectivity index (χ4n) is 3.08. The molecule has 0 aromatic carbocycles. The van der Waals surface area contributed by atoms with E-state index in [9.17, 15) is 0 Å². The highest BCUT2D eigenvalue weighted by molar-refractivity contribution is 5.40. The third-order valence-electron chi connectivity index (χ3n) is 4.42. The molecule has 0 spiro atoms. The predicted octanol–water partition coefficient (Wildman–Crippen LogP) is 2.50. The van der Waals surface area contributed by atoms with Gasteiger partial charge in [-0.3, -0.25) is 0 Å². The Hall–Kier alpha value is -1.09. The van der Waals surface area contributed by atoms with Crippen LogP contribution in [0.2, 0.25) is 0 Å². The van der Waals surface area contributed by atoms with E-state index in [4.69, 9.17) is 0 Å². The van der Waals surface area contributed by atoms with Crippen LogP contribution in [-0.2, 0) is 0 Å². The van der Waals surface area contributed by atoms with Gasteiger partial charge < -0.3 is 10.2 Å². The molecule has 2 aliphatic rings. The maximum Gasteiger partial charge on any atom is 0.128 e. The summed E-state index contributed by atoms with van der Waals surface area (Å²) in [5.74, 6) is 1.13. The van der Waals surface area contributed by atoms with Crippen molar-refractivity contribution in [2.45, 2.75) is 51.1 Å². The van der Waals surface area contributed by atoms with Crippen LogP contribution in [0.3, 0.4) is 0 Å². The highest BCUT2D eigenvalue weighted by atomic mass is 15.2. The molecule has 0 bridgehead atoms. The number of nitrogens with one attached hydrogen (secondary N) is 1. The lowest BCUT2D eigenvalue weighted by Gasteiger charge is -2.41. The Balaban J connectivity index is 1.59. The van der Waals surface area contributed by atoms with Gasteiger partial charge in [0.15, 0.2) is 0 Å². The van der Waals surface area contributed by atoms with E-state index < -0.39 is 0 Å². The molecule has 1 aliphatic heterocycles. The molecule has 1 unspecified atom stereocenters. The lowest BCUT2D eigenvalue weighted by Crippen LogP contribution is -2.53. The minimum atomic E-state index is 0.418. The molecule has 1 saturated heterocycles. The number of pyridine rings is 1. The Morgan fingerprint density at radius 1 is 1.39 bits per heavy atom. The largest absolute Gasteiger partial charge is 0.355 e. The minimum absolute atomic E-state index is 0.418. The molecule has 0 amide bonds. The summed E-state index contributed by atoms with van der Waals surface area (Å²) in [4.78, 5) is 6.93. The topological polar surface area (TPSA) is 28.2 Å². The number of aryl methyl sites for hydroxylation is 1. The molecule has 1 saturated carbocycles. The van der Waals surface area contributed by atoms with Crippen LogP contribution in [0.1, 0.15) is 38.2 Å². The first-order chi connectivity index (χ1) is 8.65. The van der Waals surface area contributed by atoms with Gasteiger partial charge in [-0.25, -0.2) is 4.98 Å². The summed E-state index contributed by atoms with van der Waals surface area (Å²) in [6.07, 6.45) is 7.27. The van der Waals surface area contributed by atoms with Crippen LogP contribution in [0, 0.1) is 6.92 Å². The summed E-state index contributed by atoms with van der Waals surface area (Å²) < 4.78 is 0. The molecule has 1 aromatic rings. The van der Waals surface area contributed by atoms with Crippen LogP contribution in [0.5, 0.6) is 0 Å². The molecular weight excluding hydrogens is 222 g/mol. The molecule has 2 fully saturated rings. The van der Waals surface area contributed by atoms with Crippen molar-refractivity contribution in [2.24, 2.45) is 0 Å². The van der Waals surface area contributed by atoms with Crippen molar-refractivity contribution in [3.05, 3.63) is 23.9 Å². The number of hydrogen-bond acceptors (Lipinski definition) is 3. The third-order valence-corrected chi connectivity index (χ3v) is 4.42. The first-order valence-corrected chi connectivity index (χ1v) is 7.10. The second-order valence-corrected chi connectivity index (χ2v) is 6.18. The van der Waals surface area contributed by atoms with E-state index in [0.29, 0.717) is 11.6 Å². The SMILES string of the molecule is Cc1ccc(N2CCC(NC3(C)CCC3)C2)nc1. The van der Waals surface area contributed by atoms with Crippen LogP contribution in [0.15, 0.2) is 18.3 Å². The zero-order valence-electron chi connectivity index (χ0n) is 11.4. The van der Waals surface area contributed by atoms with Crippen LogP contribution in [-0.4, -0.2) is 29.7 Å². The minimum Gasteiger partial charge on any atom is -0.355 e. The summed E-state index contributed by atoms with van der Waals surface area (Å²) >= 11 is 0. The molecular formula is C15H23N3. The lowest BCUT2D eigenvalue weighted by molar-refractivity contribution is 0.189. The van der Waals surface area contributed by atoms with Gasteiger partial charge in [0.1, 0.15) is 5.82 Å². The van der Waals surface area contributed by atoms with Gasteiger partial charge in [-0.15, -0.1) is 0 Å². The fraction of sp³-hybridized carbons (Fsp3) is 0.667. The van der Waals surface area contributed by atoms with E-state index in [0.717, 1.165) is 18.9 Å². The quantitative estimate of drug-likeness (QED) is 0.887. The van der Waals surface area contributed by atoms with Crippen LogP contribution in [0.25, 0.3) is 0 Å². The first-order valence-electron chi connectivity index (χ1n) is 7.10. The van der Waals surface area contributed by atoms with E-state index in [-0.39, 0.29) is 0 Å². The zero-order valence-corrected chi connectivity index (χ0v) is 11.4. The van der Waals surface area contributed by atoms with Gasteiger partial charge in [0.25, 0.3) is 0 Å². The molecule has 1 atom stereocenters. The maximum absolute atomic E-state index is 4.52. The third kappa shape index (κ3) is 2.37. The first kappa shape index (κ1) is 12.0. The molecule has 3 rings (SSSR count). The summed E-state index contributed by atoms with van der Waals surface area (Å²) in [6.45, 7) is 6.68. The molecule has 1 aromatic heterocycles. The number of aromatic nitrogens is 1. The number of rotatable bonds is 3. The molecule has 3 heteroatoms. The lowest BCUT2D eigenvalue weighted by atomic mass is 9.78. The monoisotopic (exact) mass is 245 g/mol. The van der Waals surface area contributed by atoms with Gasteiger partial charge in [-0.2, -0.15) is 0 Å². The van der Waals surface area contributed by atoms with E-state index in [1.165, 1.54) is 31.2 Å². The van der Waals surface area contributed by atoms with E-state index in [1.54, 1.807) is 0 Å². The van der Waals surface area contributed by atoms with Gasteiger partial charge in [-0.1, -0.05) is 6.07 Å². The highest BCUT2D eigenvalue weighted by Gasteiger charge is 2.35. The average molecular weight is 245 g/mol. The number of nitrogens with zero attached hydrogens (tertiary/aromatic N) is 2. The normalized spacial score (nSPS) is 26.1. The van der Waals surface area contributed by atoms with Gasteiger partial charge in [-0.05, 0) is 51.2 Å². The van der Waals surface area contributed by atoms with Gasteiger partial charge in [0, 0.05) is 30.9 Å². The van der Waals surface area contributed by atoms with Crippen molar-refractivity contribution < 1.29 is 0 Å². The molecule has 1 N–H and O–H groups in total. The fourth-order valence-corrected chi connectivity index (χ4v) is 3.08. The van der Waals surface area contributed by atoms with Gasteiger partial charge in [0.05, 0.1) is 0 Å². The Bertz CT molecular complexity index is 408. The smallest absolute Gasteiger partial charge is 0.128 e. The molecule has 1 aliphatic carbocycles. The summed E-state index contributed by atoms with van der Waals surface area (Å²) in [6, 6.07) is 4.93. The number of anilines is 1. The second-order valence-electron chi connectivity index (χ2n) is 6.18. The van der Waals surface area contributed by atoms with Crippen LogP contribution >= 0.6 is 0 Å². The van der Waals surface area contributed by atoms with Crippen LogP contribution < -0.4 is 10.2 Å². The highest BCUT2D eigenvalue weighted by Crippen LogP contribution is 2.32. The molecule has 18 heavy (non-hydrogen) atoms. The second kappa shape index (κ2) is 4.54. The van der Waals surface area contributed by atoms with Crippen molar-refractivity contribution in [2.75, 3.05) is 18.0 Å². The van der Waals surface area contributed by atoms with Crippen molar-refractivity contribution in [3.63, 3.8) is 0 Å². The summed E-state index contributed by atoms with van der Waals surface area (Å²) in [5, 5.41) is 3.83. The van der Waals surface area contributed by atoms with Gasteiger partial charge in [0.2, 0.25) is 0 Å². The number of hydrogen-bond donors (Lipinski definition) is 1. The van der Waals surface area contributed by atoms with Gasteiger partial charge >= 0.3 is 0 Å².